The molecule has 0 atom stereocenters. The molecule has 0 spiro atoms. The molecule has 3 heterocycles. The van der Waals surface area contributed by atoms with Crippen LogP contribution in [0.15, 0.2) is 109 Å². The lowest BCUT2D eigenvalue weighted by Gasteiger charge is -2.14. The van der Waals surface area contributed by atoms with Gasteiger partial charge in [0.05, 0.1) is 0 Å². The van der Waals surface area contributed by atoms with Crippen LogP contribution in [0, 0.1) is 0 Å². The second-order valence-electron chi connectivity index (χ2n) is 13.4. The van der Waals surface area contributed by atoms with Crippen LogP contribution >= 0.6 is 0 Å². The number of hydrogen-bond acceptors (Lipinski definition) is 9. The van der Waals surface area contributed by atoms with Gasteiger partial charge >= 0.3 is 0 Å². The number of rotatable bonds is 9. The SMILES string of the molecule is CC(C)c1nc(-c2ccccc2)nc(-c2cc(-c3nc(-c4ccccc4)nc(C(C)C)n3)cc(-c3nc(-c4ccccc4)nc(C(C)C)n3)c2)n1. The monoisotopic (exact) mass is 669 g/mol. The third-order valence-electron chi connectivity index (χ3n) is 8.31. The summed E-state index contributed by atoms with van der Waals surface area (Å²) in [7, 11) is 0. The van der Waals surface area contributed by atoms with Crippen molar-refractivity contribution in [2.24, 2.45) is 0 Å². The van der Waals surface area contributed by atoms with E-state index in [1.54, 1.807) is 0 Å². The number of nitrogens with zero attached hydrogens (tertiary/aromatic N) is 9. The molecule has 3 aromatic heterocycles. The van der Waals surface area contributed by atoms with Crippen molar-refractivity contribution in [3.8, 4) is 68.3 Å². The van der Waals surface area contributed by atoms with Crippen molar-refractivity contribution < 1.29 is 0 Å². The Labute approximate surface area is 298 Å². The fourth-order valence-electron chi connectivity index (χ4n) is 5.50. The molecule has 0 fully saturated rings. The van der Waals surface area contributed by atoms with Gasteiger partial charge in [0.1, 0.15) is 17.5 Å². The molecule has 7 rings (SSSR count). The van der Waals surface area contributed by atoms with Gasteiger partial charge in [-0.2, -0.15) is 0 Å². The van der Waals surface area contributed by atoms with Crippen molar-refractivity contribution in [1.82, 2.24) is 44.9 Å². The van der Waals surface area contributed by atoms with Crippen molar-refractivity contribution in [1.29, 1.82) is 0 Å². The van der Waals surface area contributed by atoms with E-state index in [1.165, 1.54) is 0 Å². The molecular weight excluding hydrogens is 631 g/mol. The summed E-state index contributed by atoms with van der Waals surface area (Å²) in [4.78, 5) is 44.6. The highest BCUT2D eigenvalue weighted by molar-refractivity contribution is 5.77. The average molecular weight is 670 g/mol. The largest absolute Gasteiger partial charge is 0.213 e. The lowest BCUT2D eigenvalue weighted by atomic mass is 10.0. The molecule has 7 aromatic rings. The maximum Gasteiger partial charge on any atom is 0.163 e. The Morgan fingerprint density at radius 1 is 0.275 bits per heavy atom. The van der Waals surface area contributed by atoms with Gasteiger partial charge in [0, 0.05) is 51.1 Å². The zero-order valence-electron chi connectivity index (χ0n) is 29.6. The van der Waals surface area contributed by atoms with Gasteiger partial charge in [-0.15, -0.1) is 0 Å². The molecule has 0 aliphatic heterocycles. The van der Waals surface area contributed by atoms with Crippen LogP contribution in [-0.2, 0) is 0 Å². The summed E-state index contributed by atoms with van der Waals surface area (Å²) in [5.74, 6) is 5.79. The van der Waals surface area contributed by atoms with Gasteiger partial charge in [-0.3, -0.25) is 0 Å². The van der Waals surface area contributed by atoms with E-state index in [9.17, 15) is 0 Å². The van der Waals surface area contributed by atoms with Crippen LogP contribution in [0.2, 0.25) is 0 Å². The van der Waals surface area contributed by atoms with E-state index in [-0.39, 0.29) is 17.8 Å². The third kappa shape index (κ3) is 7.43. The average Bonchev–Trinajstić information content (AvgIpc) is 3.18. The smallest absolute Gasteiger partial charge is 0.163 e. The molecule has 0 saturated heterocycles. The second kappa shape index (κ2) is 14.4. The molecule has 0 bridgehead atoms. The van der Waals surface area contributed by atoms with Crippen LogP contribution in [0.4, 0.5) is 0 Å². The predicted octanol–water partition coefficient (Wildman–Crippen LogP) is 9.61. The highest BCUT2D eigenvalue weighted by Crippen LogP contribution is 2.33. The first kappa shape index (κ1) is 33.4. The molecule has 4 aromatic carbocycles. The van der Waals surface area contributed by atoms with E-state index in [0.29, 0.717) is 52.4 Å². The Hall–Kier alpha value is -6.09. The number of hydrogen-bond donors (Lipinski definition) is 0. The van der Waals surface area contributed by atoms with Crippen LogP contribution in [0.25, 0.3) is 68.3 Å². The second-order valence-corrected chi connectivity index (χ2v) is 13.4. The van der Waals surface area contributed by atoms with E-state index in [2.05, 4.69) is 41.5 Å². The summed E-state index contributed by atoms with van der Waals surface area (Å²) in [5, 5.41) is 0. The fourth-order valence-corrected chi connectivity index (χ4v) is 5.50. The summed E-state index contributed by atoms with van der Waals surface area (Å²) >= 11 is 0. The molecule has 0 aliphatic rings. The van der Waals surface area contributed by atoms with E-state index < -0.39 is 0 Å². The lowest BCUT2D eigenvalue weighted by molar-refractivity contribution is 0.764. The van der Waals surface area contributed by atoms with Crippen molar-refractivity contribution in [3.05, 3.63) is 127 Å². The van der Waals surface area contributed by atoms with Gasteiger partial charge in [-0.05, 0) is 18.2 Å². The quantitative estimate of drug-likeness (QED) is 0.148. The van der Waals surface area contributed by atoms with Crippen LogP contribution in [0.3, 0.4) is 0 Å². The Bertz CT molecular complexity index is 2020. The van der Waals surface area contributed by atoms with Crippen molar-refractivity contribution in [3.63, 3.8) is 0 Å². The van der Waals surface area contributed by atoms with Crippen LogP contribution in [-0.4, -0.2) is 44.9 Å². The van der Waals surface area contributed by atoms with Gasteiger partial charge in [-0.1, -0.05) is 133 Å². The highest BCUT2D eigenvalue weighted by Gasteiger charge is 2.20. The molecule has 9 nitrogen and oxygen atoms in total. The summed E-state index contributed by atoms with van der Waals surface area (Å²) < 4.78 is 0. The highest BCUT2D eigenvalue weighted by atomic mass is 15.1. The predicted molar refractivity (Wildman–Crippen MR) is 201 cm³/mol. The summed E-state index contributed by atoms with van der Waals surface area (Å²) in [5.41, 5.74) is 5.05. The van der Waals surface area contributed by atoms with E-state index in [1.807, 2.05) is 109 Å². The Morgan fingerprint density at radius 2 is 0.490 bits per heavy atom. The van der Waals surface area contributed by atoms with E-state index >= 15 is 0 Å². The van der Waals surface area contributed by atoms with Crippen LogP contribution in [0.5, 0.6) is 0 Å². The van der Waals surface area contributed by atoms with Crippen LogP contribution < -0.4 is 0 Å². The Morgan fingerprint density at radius 3 is 0.706 bits per heavy atom. The summed E-state index contributed by atoms with van der Waals surface area (Å²) in [6.45, 7) is 12.5. The van der Waals surface area contributed by atoms with Gasteiger partial charge in [0.25, 0.3) is 0 Å². The van der Waals surface area contributed by atoms with Crippen molar-refractivity contribution in [2.45, 2.75) is 59.3 Å². The first-order chi connectivity index (χ1) is 24.7. The summed E-state index contributed by atoms with van der Waals surface area (Å²) in [6, 6.07) is 36.1. The maximum atomic E-state index is 5.02. The third-order valence-corrected chi connectivity index (χ3v) is 8.31. The normalized spacial score (nSPS) is 11.5. The van der Waals surface area contributed by atoms with Crippen molar-refractivity contribution >= 4 is 0 Å². The molecule has 0 amide bonds. The molecule has 0 unspecified atom stereocenters. The number of aromatic nitrogens is 9. The molecular formula is C42H39N9. The molecule has 0 radical (unpaired) electrons. The van der Waals surface area contributed by atoms with Crippen molar-refractivity contribution in [2.75, 3.05) is 0 Å². The molecule has 9 heteroatoms. The van der Waals surface area contributed by atoms with Gasteiger partial charge in [0.15, 0.2) is 34.9 Å². The minimum atomic E-state index is 0.0768. The maximum absolute atomic E-state index is 5.02. The van der Waals surface area contributed by atoms with E-state index in [0.717, 1.165) is 33.4 Å². The Kier molecular flexibility index (Phi) is 9.44. The molecule has 0 N–H and O–H groups in total. The molecule has 252 valence electrons. The zero-order valence-corrected chi connectivity index (χ0v) is 29.6. The fraction of sp³-hybridized carbons (Fsp3) is 0.214. The van der Waals surface area contributed by atoms with Gasteiger partial charge < -0.3 is 0 Å². The minimum absolute atomic E-state index is 0.0768. The first-order valence-corrected chi connectivity index (χ1v) is 17.3. The van der Waals surface area contributed by atoms with Gasteiger partial charge in [0.2, 0.25) is 0 Å². The molecule has 0 aliphatic carbocycles. The van der Waals surface area contributed by atoms with Gasteiger partial charge in [-0.25, -0.2) is 44.9 Å². The standard InChI is InChI=1S/C42H39N9/c1-25(2)34-43-37(28-16-10-7-11-17-28)49-40(46-34)31-22-32(41-47-35(26(3)4)44-38(50-41)29-18-12-8-13-19-29)24-33(23-31)42-48-36(27(5)6)45-39(51-42)30-20-14-9-15-21-30/h7-27H,1-6H3. The van der Waals surface area contributed by atoms with Crippen LogP contribution in [0.1, 0.15) is 76.8 Å². The summed E-state index contributed by atoms with van der Waals surface area (Å²) in [6.07, 6.45) is 0. The molecule has 51 heavy (non-hydrogen) atoms. The Balaban J connectivity index is 1.49. The topological polar surface area (TPSA) is 116 Å². The zero-order chi connectivity index (χ0) is 35.5. The molecule has 0 saturated carbocycles. The number of benzene rings is 4. The van der Waals surface area contributed by atoms with E-state index in [4.69, 9.17) is 44.9 Å². The minimum Gasteiger partial charge on any atom is -0.213 e. The lowest BCUT2D eigenvalue weighted by Crippen LogP contribution is -2.07. The first-order valence-electron chi connectivity index (χ1n) is 17.3.